The molecule has 0 spiro atoms. The highest BCUT2D eigenvalue weighted by atomic mass is 127. The van der Waals surface area contributed by atoms with E-state index in [-0.39, 0.29) is 0 Å². The minimum atomic E-state index is -4.35. The smallest absolute Gasteiger partial charge is 0.416 e. The van der Waals surface area contributed by atoms with Crippen molar-refractivity contribution in [3.63, 3.8) is 0 Å². The normalized spacial score (nSPS) is 11.8. The summed E-state index contributed by atoms with van der Waals surface area (Å²) in [6.07, 6.45) is -2.75. The standard InChI is InChI=1S/C25H18F3IN2O/c26-25(27,28)21-8-10-22(11-9-21)31-30-15-17-6-12-24(23(29)14-17)32-16-18-5-7-19-3-1-2-4-20(19)13-18/h1-15,31H,16H2/b30-15+. The molecule has 4 aromatic rings. The van der Waals surface area contributed by atoms with Crippen molar-refractivity contribution in [1.29, 1.82) is 0 Å². The SMILES string of the molecule is FC(F)(F)c1ccc(N/N=C/c2ccc(OCc3ccc4ccccc4c3)c(I)c2)cc1. The summed E-state index contributed by atoms with van der Waals surface area (Å²) < 4.78 is 44.8. The molecule has 0 unspecified atom stereocenters. The van der Waals surface area contributed by atoms with Gasteiger partial charge in [-0.25, -0.2) is 0 Å². The van der Waals surface area contributed by atoms with Crippen LogP contribution in [0.2, 0.25) is 0 Å². The zero-order valence-electron chi connectivity index (χ0n) is 16.7. The van der Waals surface area contributed by atoms with Gasteiger partial charge in [0.1, 0.15) is 12.4 Å². The highest BCUT2D eigenvalue weighted by molar-refractivity contribution is 14.1. The van der Waals surface area contributed by atoms with Crippen LogP contribution in [0.25, 0.3) is 10.8 Å². The Morgan fingerprint density at radius 1 is 0.875 bits per heavy atom. The van der Waals surface area contributed by atoms with Gasteiger partial charge in [-0.1, -0.05) is 36.4 Å². The van der Waals surface area contributed by atoms with Crippen molar-refractivity contribution in [3.05, 3.63) is 105 Å². The van der Waals surface area contributed by atoms with Crippen LogP contribution in [-0.4, -0.2) is 6.21 Å². The van der Waals surface area contributed by atoms with Crippen LogP contribution in [-0.2, 0) is 12.8 Å². The predicted molar refractivity (Wildman–Crippen MR) is 130 cm³/mol. The largest absolute Gasteiger partial charge is 0.488 e. The number of alkyl halides is 3. The lowest BCUT2D eigenvalue weighted by Crippen LogP contribution is -2.04. The third kappa shape index (κ3) is 5.59. The molecule has 0 saturated carbocycles. The molecule has 0 fully saturated rings. The monoisotopic (exact) mass is 546 g/mol. The molecule has 4 aromatic carbocycles. The van der Waals surface area contributed by atoms with Crippen LogP contribution < -0.4 is 10.2 Å². The molecule has 0 atom stereocenters. The molecular weight excluding hydrogens is 528 g/mol. The van der Waals surface area contributed by atoms with Crippen molar-refractivity contribution < 1.29 is 17.9 Å². The minimum absolute atomic E-state index is 0.462. The Morgan fingerprint density at radius 3 is 2.34 bits per heavy atom. The first-order valence-corrected chi connectivity index (χ1v) is 10.8. The lowest BCUT2D eigenvalue weighted by molar-refractivity contribution is -0.137. The Hall–Kier alpha value is -3.07. The number of fused-ring (bicyclic) bond motifs is 1. The summed E-state index contributed by atoms with van der Waals surface area (Å²) in [6.45, 7) is 0.462. The average Bonchev–Trinajstić information content (AvgIpc) is 2.78. The van der Waals surface area contributed by atoms with Crippen LogP contribution in [0.4, 0.5) is 18.9 Å². The molecule has 7 heteroatoms. The molecule has 162 valence electrons. The highest BCUT2D eigenvalue weighted by Crippen LogP contribution is 2.30. The topological polar surface area (TPSA) is 33.6 Å². The number of nitrogens with zero attached hydrogens (tertiary/aromatic N) is 1. The molecule has 0 heterocycles. The maximum absolute atomic E-state index is 12.6. The number of hydrogen-bond donors (Lipinski definition) is 1. The molecule has 0 bridgehead atoms. The van der Waals surface area contributed by atoms with Gasteiger partial charge in [0, 0.05) is 0 Å². The molecule has 0 saturated heterocycles. The summed E-state index contributed by atoms with van der Waals surface area (Å²) in [7, 11) is 0. The van der Waals surface area contributed by atoms with E-state index in [1.165, 1.54) is 22.9 Å². The third-order valence-electron chi connectivity index (χ3n) is 4.78. The van der Waals surface area contributed by atoms with Gasteiger partial charge >= 0.3 is 6.18 Å². The van der Waals surface area contributed by atoms with E-state index < -0.39 is 11.7 Å². The Kier molecular flexibility index (Phi) is 6.64. The predicted octanol–water partition coefficient (Wildman–Crippen LogP) is 7.49. The number of halogens is 4. The van der Waals surface area contributed by atoms with Crippen LogP contribution >= 0.6 is 22.6 Å². The number of ether oxygens (including phenoxy) is 1. The summed E-state index contributed by atoms with van der Waals surface area (Å²) >= 11 is 2.20. The van der Waals surface area contributed by atoms with E-state index in [2.05, 4.69) is 63.4 Å². The molecule has 32 heavy (non-hydrogen) atoms. The van der Waals surface area contributed by atoms with E-state index in [4.69, 9.17) is 4.74 Å². The van der Waals surface area contributed by atoms with Gasteiger partial charge in [-0.15, -0.1) is 0 Å². The Bertz CT molecular complexity index is 1250. The van der Waals surface area contributed by atoms with Gasteiger partial charge in [-0.05, 0) is 93.0 Å². The van der Waals surface area contributed by atoms with Crippen LogP contribution in [0.1, 0.15) is 16.7 Å². The van der Waals surface area contributed by atoms with Gasteiger partial charge < -0.3 is 4.74 Å². The van der Waals surface area contributed by atoms with Gasteiger partial charge in [-0.2, -0.15) is 18.3 Å². The molecule has 0 aliphatic carbocycles. The molecule has 0 radical (unpaired) electrons. The van der Waals surface area contributed by atoms with Crippen LogP contribution in [0.5, 0.6) is 5.75 Å². The van der Waals surface area contributed by atoms with E-state index in [9.17, 15) is 13.2 Å². The maximum atomic E-state index is 12.6. The van der Waals surface area contributed by atoms with Gasteiger partial charge in [0.05, 0.1) is 21.0 Å². The number of anilines is 1. The summed E-state index contributed by atoms with van der Waals surface area (Å²) in [5, 5.41) is 6.47. The molecule has 0 amide bonds. The van der Waals surface area contributed by atoms with Crippen molar-refractivity contribution in [3.8, 4) is 5.75 Å². The van der Waals surface area contributed by atoms with Crippen LogP contribution in [0, 0.1) is 3.57 Å². The second-order valence-electron chi connectivity index (χ2n) is 7.11. The second kappa shape index (κ2) is 9.60. The van der Waals surface area contributed by atoms with E-state index in [0.29, 0.717) is 12.3 Å². The van der Waals surface area contributed by atoms with E-state index >= 15 is 0 Å². The molecule has 3 nitrogen and oxygen atoms in total. The summed E-state index contributed by atoms with van der Waals surface area (Å²) in [4.78, 5) is 0. The number of rotatable bonds is 6. The first kappa shape index (κ1) is 22.1. The van der Waals surface area contributed by atoms with Gasteiger partial charge in [0.15, 0.2) is 0 Å². The van der Waals surface area contributed by atoms with E-state index in [1.54, 1.807) is 6.21 Å². The van der Waals surface area contributed by atoms with Crippen LogP contribution in [0.15, 0.2) is 90.0 Å². The molecule has 0 aliphatic heterocycles. The number of nitrogens with one attached hydrogen (secondary N) is 1. The Labute approximate surface area is 197 Å². The zero-order chi connectivity index (χ0) is 22.6. The quantitative estimate of drug-likeness (QED) is 0.155. The maximum Gasteiger partial charge on any atom is 0.416 e. The lowest BCUT2D eigenvalue weighted by Gasteiger charge is -2.10. The first-order chi connectivity index (χ1) is 15.4. The van der Waals surface area contributed by atoms with Gasteiger partial charge in [-0.3, -0.25) is 5.43 Å². The number of hydrazone groups is 1. The third-order valence-corrected chi connectivity index (χ3v) is 5.63. The van der Waals surface area contributed by atoms with E-state index in [1.807, 2.05) is 30.3 Å². The van der Waals surface area contributed by atoms with Crippen molar-refractivity contribution in [2.75, 3.05) is 5.43 Å². The summed E-state index contributed by atoms with van der Waals surface area (Å²) in [6, 6.07) is 24.8. The van der Waals surface area contributed by atoms with Crippen molar-refractivity contribution in [1.82, 2.24) is 0 Å². The van der Waals surface area contributed by atoms with Gasteiger partial charge in [0.2, 0.25) is 0 Å². The van der Waals surface area contributed by atoms with Crippen molar-refractivity contribution in [2.45, 2.75) is 12.8 Å². The fourth-order valence-electron chi connectivity index (χ4n) is 3.12. The summed E-state index contributed by atoms with van der Waals surface area (Å²) in [5.41, 5.74) is 4.44. The average molecular weight is 546 g/mol. The molecule has 0 aliphatic rings. The Morgan fingerprint density at radius 2 is 1.62 bits per heavy atom. The molecule has 4 rings (SSSR count). The first-order valence-electron chi connectivity index (χ1n) is 9.75. The molecule has 0 aromatic heterocycles. The lowest BCUT2D eigenvalue weighted by atomic mass is 10.1. The van der Waals surface area contributed by atoms with Crippen molar-refractivity contribution in [2.24, 2.45) is 5.10 Å². The fraction of sp³-hybridized carbons (Fsp3) is 0.0800. The number of hydrogen-bond acceptors (Lipinski definition) is 3. The van der Waals surface area contributed by atoms with Gasteiger partial charge in [0.25, 0.3) is 0 Å². The molecular formula is C25H18F3IN2O. The fourth-order valence-corrected chi connectivity index (χ4v) is 3.81. The number of benzene rings is 4. The van der Waals surface area contributed by atoms with E-state index in [0.717, 1.165) is 32.6 Å². The molecule has 1 N–H and O–H groups in total. The highest BCUT2D eigenvalue weighted by Gasteiger charge is 2.29. The Balaban J connectivity index is 1.36. The minimum Gasteiger partial charge on any atom is -0.488 e. The zero-order valence-corrected chi connectivity index (χ0v) is 18.9. The summed E-state index contributed by atoms with van der Waals surface area (Å²) in [5.74, 6) is 0.770. The van der Waals surface area contributed by atoms with Crippen molar-refractivity contribution >= 4 is 45.3 Å². The second-order valence-corrected chi connectivity index (χ2v) is 8.27. The van der Waals surface area contributed by atoms with Crippen LogP contribution in [0.3, 0.4) is 0 Å².